The number of carboxylic acids is 1. The number of piperazine rings is 1. The molecule has 130 valence electrons. The summed E-state index contributed by atoms with van der Waals surface area (Å²) in [4.78, 5) is 38.0. The molecule has 8 nitrogen and oxygen atoms in total. The van der Waals surface area contributed by atoms with Gasteiger partial charge < -0.3 is 25.3 Å². The van der Waals surface area contributed by atoms with Gasteiger partial charge in [-0.2, -0.15) is 0 Å². The van der Waals surface area contributed by atoms with E-state index in [0.717, 1.165) is 0 Å². The number of rotatable bonds is 5. The van der Waals surface area contributed by atoms with E-state index in [1.165, 1.54) is 12.1 Å². The summed E-state index contributed by atoms with van der Waals surface area (Å²) < 4.78 is 0. The minimum Gasteiger partial charge on any atom is -0.508 e. The second-order valence-corrected chi connectivity index (χ2v) is 5.56. The molecule has 0 spiro atoms. The molecule has 0 unspecified atom stereocenters. The third kappa shape index (κ3) is 4.87. The maximum atomic E-state index is 12.3. The lowest BCUT2D eigenvalue weighted by molar-refractivity contribution is -0.137. The number of phenols is 1. The number of hydrogen-bond acceptors (Lipinski definition) is 4. The van der Waals surface area contributed by atoms with Crippen LogP contribution in [0.25, 0.3) is 0 Å². The number of amides is 3. The fourth-order valence-electron chi connectivity index (χ4n) is 2.45. The van der Waals surface area contributed by atoms with Crippen molar-refractivity contribution >= 4 is 17.9 Å². The SMILES string of the molecule is O=C(O)CCCNC(=O)N1CCN(C(=O)c2ccc(O)cc2)CC1. The van der Waals surface area contributed by atoms with Gasteiger partial charge in [0.1, 0.15) is 5.75 Å². The Hall–Kier alpha value is -2.77. The highest BCUT2D eigenvalue weighted by molar-refractivity contribution is 5.94. The Morgan fingerprint density at radius 1 is 1.00 bits per heavy atom. The number of aliphatic carboxylic acids is 1. The van der Waals surface area contributed by atoms with E-state index in [1.807, 2.05) is 0 Å². The molecule has 0 saturated carbocycles. The van der Waals surface area contributed by atoms with Gasteiger partial charge in [-0.25, -0.2) is 4.79 Å². The van der Waals surface area contributed by atoms with E-state index in [1.54, 1.807) is 21.9 Å². The van der Waals surface area contributed by atoms with E-state index in [9.17, 15) is 19.5 Å². The molecule has 0 radical (unpaired) electrons. The molecule has 1 fully saturated rings. The molecule has 1 saturated heterocycles. The number of nitrogens with zero attached hydrogens (tertiary/aromatic N) is 2. The third-order valence-electron chi connectivity index (χ3n) is 3.81. The van der Waals surface area contributed by atoms with Gasteiger partial charge in [0.2, 0.25) is 0 Å². The standard InChI is InChI=1S/C16H21N3O5/c20-13-5-3-12(4-6-13)15(23)18-8-10-19(11-9-18)16(24)17-7-1-2-14(21)22/h3-6,20H,1-2,7-11H2,(H,17,24)(H,21,22). The van der Waals surface area contributed by atoms with Gasteiger partial charge in [-0.15, -0.1) is 0 Å². The van der Waals surface area contributed by atoms with Crippen LogP contribution in [-0.4, -0.2) is 70.6 Å². The van der Waals surface area contributed by atoms with Gasteiger partial charge in [0.05, 0.1) is 0 Å². The van der Waals surface area contributed by atoms with Gasteiger partial charge in [-0.3, -0.25) is 9.59 Å². The first-order valence-electron chi connectivity index (χ1n) is 7.80. The maximum Gasteiger partial charge on any atom is 0.317 e. The zero-order chi connectivity index (χ0) is 17.5. The first-order valence-corrected chi connectivity index (χ1v) is 7.80. The van der Waals surface area contributed by atoms with Crippen LogP contribution >= 0.6 is 0 Å². The highest BCUT2D eigenvalue weighted by Gasteiger charge is 2.24. The Morgan fingerprint density at radius 3 is 2.17 bits per heavy atom. The quantitative estimate of drug-likeness (QED) is 0.687. The predicted octanol–water partition coefficient (Wildman–Crippen LogP) is 0.724. The van der Waals surface area contributed by atoms with Crippen molar-refractivity contribution in [2.45, 2.75) is 12.8 Å². The summed E-state index contributed by atoms with van der Waals surface area (Å²) >= 11 is 0. The summed E-state index contributed by atoms with van der Waals surface area (Å²) in [7, 11) is 0. The fourth-order valence-corrected chi connectivity index (χ4v) is 2.45. The molecule has 1 aromatic carbocycles. The van der Waals surface area contributed by atoms with Crippen molar-refractivity contribution < 1.29 is 24.6 Å². The van der Waals surface area contributed by atoms with Crippen molar-refractivity contribution in [3.05, 3.63) is 29.8 Å². The van der Waals surface area contributed by atoms with Crippen molar-refractivity contribution in [2.75, 3.05) is 32.7 Å². The van der Waals surface area contributed by atoms with Crippen LogP contribution in [0.3, 0.4) is 0 Å². The molecule has 1 aliphatic heterocycles. The Labute approximate surface area is 139 Å². The van der Waals surface area contributed by atoms with E-state index in [4.69, 9.17) is 5.11 Å². The number of nitrogens with one attached hydrogen (secondary N) is 1. The van der Waals surface area contributed by atoms with Crippen molar-refractivity contribution in [2.24, 2.45) is 0 Å². The molecule has 0 aromatic heterocycles. The number of benzene rings is 1. The highest BCUT2D eigenvalue weighted by atomic mass is 16.4. The van der Waals surface area contributed by atoms with E-state index < -0.39 is 5.97 Å². The summed E-state index contributed by atoms with van der Waals surface area (Å²) in [5.74, 6) is -0.905. The second-order valence-electron chi connectivity index (χ2n) is 5.56. The van der Waals surface area contributed by atoms with Gasteiger partial charge in [0, 0.05) is 44.7 Å². The normalized spacial score (nSPS) is 14.3. The molecule has 8 heteroatoms. The Kier molecular flexibility index (Phi) is 6.00. The molecular weight excluding hydrogens is 314 g/mol. The summed E-state index contributed by atoms with van der Waals surface area (Å²) in [5.41, 5.74) is 0.499. The molecule has 1 aromatic rings. The minimum atomic E-state index is -0.884. The molecule has 2 rings (SSSR count). The lowest BCUT2D eigenvalue weighted by Gasteiger charge is -2.34. The summed E-state index contributed by atoms with van der Waals surface area (Å²) in [6.45, 7) is 2.03. The molecular formula is C16H21N3O5. The molecule has 24 heavy (non-hydrogen) atoms. The van der Waals surface area contributed by atoms with Gasteiger partial charge in [0.15, 0.2) is 0 Å². The Morgan fingerprint density at radius 2 is 1.58 bits per heavy atom. The van der Waals surface area contributed by atoms with Crippen LogP contribution in [-0.2, 0) is 4.79 Å². The van der Waals surface area contributed by atoms with E-state index >= 15 is 0 Å². The van der Waals surface area contributed by atoms with Crippen molar-refractivity contribution in [1.29, 1.82) is 0 Å². The average molecular weight is 335 g/mol. The summed E-state index contributed by atoms with van der Waals surface area (Å²) in [6, 6.07) is 5.83. The minimum absolute atomic E-state index is 0.0230. The Balaban J connectivity index is 1.76. The smallest absolute Gasteiger partial charge is 0.317 e. The number of aromatic hydroxyl groups is 1. The number of carboxylic acid groups (broad SMARTS) is 1. The Bertz CT molecular complexity index is 594. The largest absolute Gasteiger partial charge is 0.508 e. The van der Waals surface area contributed by atoms with Crippen molar-refractivity contribution in [1.82, 2.24) is 15.1 Å². The molecule has 1 heterocycles. The molecule has 1 aliphatic rings. The second kappa shape index (κ2) is 8.19. The van der Waals surface area contributed by atoms with Crippen LogP contribution in [0.1, 0.15) is 23.2 Å². The third-order valence-corrected chi connectivity index (χ3v) is 3.81. The topological polar surface area (TPSA) is 110 Å². The lowest BCUT2D eigenvalue weighted by Crippen LogP contribution is -2.53. The van der Waals surface area contributed by atoms with Crippen LogP contribution in [0.4, 0.5) is 4.79 Å². The summed E-state index contributed by atoms with van der Waals surface area (Å²) in [5, 5.41) is 20.5. The van der Waals surface area contributed by atoms with Crippen molar-refractivity contribution in [3.8, 4) is 5.75 Å². The highest BCUT2D eigenvalue weighted by Crippen LogP contribution is 2.13. The van der Waals surface area contributed by atoms with Gasteiger partial charge in [-0.05, 0) is 30.7 Å². The monoisotopic (exact) mass is 335 g/mol. The van der Waals surface area contributed by atoms with E-state index in [2.05, 4.69) is 5.32 Å². The molecule has 0 aliphatic carbocycles. The number of phenolic OH excluding ortho intramolecular Hbond substituents is 1. The van der Waals surface area contributed by atoms with Crippen LogP contribution in [0, 0.1) is 0 Å². The van der Waals surface area contributed by atoms with E-state index in [0.29, 0.717) is 44.7 Å². The zero-order valence-electron chi connectivity index (χ0n) is 13.3. The maximum absolute atomic E-state index is 12.3. The van der Waals surface area contributed by atoms with Gasteiger partial charge >= 0.3 is 12.0 Å². The first-order chi connectivity index (χ1) is 11.5. The number of urea groups is 1. The molecule has 3 amide bonds. The molecule has 0 atom stereocenters. The molecule has 0 bridgehead atoms. The average Bonchev–Trinajstić information content (AvgIpc) is 2.58. The van der Waals surface area contributed by atoms with Crippen molar-refractivity contribution in [3.63, 3.8) is 0 Å². The van der Waals surface area contributed by atoms with Crippen LogP contribution in [0.5, 0.6) is 5.75 Å². The van der Waals surface area contributed by atoms with Crippen LogP contribution in [0.2, 0.25) is 0 Å². The van der Waals surface area contributed by atoms with Crippen LogP contribution < -0.4 is 5.32 Å². The van der Waals surface area contributed by atoms with E-state index in [-0.39, 0.29) is 24.1 Å². The molecule has 3 N–H and O–H groups in total. The zero-order valence-corrected chi connectivity index (χ0v) is 13.3. The van der Waals surface area contributed by atoms with Crippen LogP contribution in [0.15, 0.2) is 24.3 Å². The predicted molar refractivity (Wildman–Crippen MR) is 85.9 cm³/mol. The van der Waals surface area contributed by atoms with Gasteiger partial charge in [0.25, 0.3) is 5.91 Å². The first kappa shape index (κ1) is 17.6. The lowest BCUT2D eigenvalue weighted by atomic mass is 10.1. The number of carbonyl (C=O) groups is 3. The number of hydrogen-bond donors (Lipinski definition) is 3. The summed E-state index contributed by atoms with van der Waals surface area (Å²) in [6.07, 6.45) is 0.412. The fraction of sp³-hybridized carbons (Fsp3) is 0.438. The van der Waals surface area contributed by atoms with Gasteiger partial charge in [-0.1, -0.05) is 0 Å². The number of carbonyl (C=O) groups excluding carboxylic acids is 2.